The number of aryl methyl sites for hydroxylation is 1. The first-order chi connectivity index (χ1) is 9.87. The molecule has 1 heterocycles. The van der Waals surface area contributed by atoms with Gasteiger partial charge in [0.1, 0.15) is 5.75 Å². The summed E-state index contributed by atoms with van der Waals surface area (Å²) >= 11 is 0. The summed E-state index contributed by atoms with van der Waals surface area (Å²) in [6.45, 7) is 14.1. The molecule has 1 aromatic heterocycles. The zero-order valence-corrected chi connectivity index (χ0v) is 14.5. The summed E-state index contributed by atoms with van der Waals surface area (Å²) in [7, 11) is 1.71. The van der Waals surface area contributed by atoms with Crippen LogP contribution in [-0.2, 0) is 11.2 Å². The topological polar surface area (TPSA) is 43.4 Å². The Balaban J connectivity index is 3.05. The average Bonchev–Trinajstić information content (AvgIpc) is 2.41. The maximum absolute atomic E-state index is 5.91. The van der Waals surface area contributed by atoms with E-state index in [1.54, 1.807) is 7.11 Å². The van der Waals surface area contributed by atoms with Gasteiger partial charge in [-0.2, -0.15) is 0 Å². The monoisotopic (exact) mass is 294 g/mol. The Labute approximate surface area is 129 Å². The normalized spacial score (nSPS) is 13.3. The number of aromatic nitrogens is 1. The van der Waals surface area contributed by atoms with Crippen LogP contribution in [0.3, 0.4) is 0 Å². The lowest BCUT2D eigenvalue weighted by Gasteiger charge is -2.35. The van der Waals surface area contributed by atoms with Crippen LogP contribution < -0.4 is 10.1 Å². The summed E-state index contributed by atoms with van der Waals surface area (Å²) < 4.78 is 11.4. The van der Waals surface area contributed by atoms with Crippen LogP contribution in [0.2, 0.25) is 0 Å². The van der Waals surface area contributed by atoms with Crippen molar-refractivity contribution in [2.75, 3.05) is 20.3 Å². The minimum Gasteiger partial charge on any atom is -0.496 e. The fourth-order valence-electron chi connectivity index (χ4n) is 2.75. The van der Waals surface area contributed by atoms with Crippen molar-refractivity contribution in [1.82, 2.24) is 10.3 Å². The van der Waals surface area contributed by atoms with E-state index in [0.29, 0.717) is 6.61 Å². The number of nitrogens with one attached hydrogen (secondary N) is 1. The van der Waals surface area contributed by atoms with Gasteiger partial charge in [-0.1, -0.05) is 6.92 Å². The highest BCUT2D eigenvalue weighted by molar-refractivity contribution is 5.41. The van der Waals surface area contributed by atoms with Crippen LogP contribution in [0.4, 0.5) is 0 Å². The van der Waals surface area contributed by atoms with Crippen molar-refractivity contribution < 1.29 is 9.47 Å². The second kappa shape index (κ2) is 7.76. The predicted molar refractivity (Wildman–Crippen MR) is 87.1 cm³/mol. The number of ether oxygens (including phenoxy) is 2. The van der Waals surface area contributed by atoms with Crippen molar-refractivity contribution in [2.24, 2.45) is 0 Å². The van der Waals surface area contributed by atoms with Crippen molar-refractivity contribution in [1.29, 1.82) is 0 Å². The van der Waals surface area contributed by atoms with Crippen LogP contribution in [0, 0.1) is 13.8 Å². The highest BCUT2D eigenvalue weighted by Gasteiger charge is 2.30. The van der Waals surface area contributed by atoms with Gasteiger partial charge >= 0.3 is 0 Å². The third-order valence-electron chi connectivity index (χ3n) is 3.95. The number of nitrogens with zero attached hydrogens (tertiary/aromatic N) is 1. The molecule has 1 N–H and O–H groups in total. The fraction of sp³-hybridized carbons (Fsp3) is 0.706. The van der Waals surface area contributed by atoms with Gasteiger partial charge in [0, 0.05) is 42.1 Å². The SMILES string of the molecule is CCNC(Cc1ncc(C)c(OC)c1C)C(C)(C)OCC. The molecule has 1 aromatic rings. The van der Waals surface area contributed by atoms with Crippen LogP contribution in [0.15, 0.2) is 6.20 Å². The van der Waals surface area contributed by atoms with Crippen LogP contribution >= 0.6 is 0 Å². The largest absolute Gasteiger partial charge is 0.496 e. The molecule has 1 atom stereocenters. The number of hydrogen-bond acceptors (Lipinski definition) is 4. The van der Waals surface area contributed by atoms with E-state index >= 15 is 0 Å². The Morgan fingerprint density at radius 3 is 2.48 bits per heavy atom. The molecule has 1 unspecified atom stereocenters. The smallest absolute Gasteiger partial charge is 0.128 e. The summed E-state index contributed by atoms with van der Waals surface area (Å²) in [5.74, 6) is 0.935. The maximum atomic E-state index is 5.91. The van der Waals surface area contributed by atoms with Crippen LogP contribution in [0.25, 0.3) is 0 Å². The molecule has 120 valence electrons. The Bertz CT molecular complexity index is 458. The zero-order valence-electron chi connectivity index (χ0n) is 14.5. The van der Waals surface area contributed by atoms with Crippen molar-refractivity contribution in [2.45, 2.75) is 59.6 Å². The molecule has 21 heavy (non-hydrogen) atoms. The first-order valence-corrected chi connectivity index (χ1v) is 7.73. The lowest BCUT2D eigenvalue weighted by Crippen LogP contribution is -2.50. The quantitative estimate of drug-likeness (QED) is 0.800. The standard InChI is InChI=1S/C17H30N2O2/c1-8-18-15(17(5,6)21-9-2)10-14-13(4)16(20-7)12(3)11-19-14/h11,15,18H,8-10H2,1-7H3. The number of rotatable bonds is 8. The summed E-state index contributed by atoms with van der Waals surface area (Å²) in [5.41, 5.74) is 3.02. The molecule has 1 rings (SSSR count). The predicted octanol–water partition coefficient (Wildman–Crippen LogP) is 3.04. The molecule has 0 aliphatic carbocycles. The van der Waals surface area contributed by atoms with Gasteiger partial charge in [0.2, 0.25) is 0 Å². The number of pyridine rings is 1. The van der Waals surface area contributed by atoms with E-state index in [1.807, 2.05) is 20.0 Å². The third-order valence-corrected chi connectivity index (χ3v) is 3.95. The van der Waals surface area contributed by atoms with Crippen LogP contribution in [0.1, 0.15) is 44.5 Å². The Kier molecular flexibility index (Phi) is 6.62. The molecule has 0 bridgehead atoms. The summed E-state index contributed by atoms with van der Waals surface area (Å²) in [5, 5.41) is 3.53. The lowest BCUT2D eigenvalue weighted by atomic mass is 9.92. The van der Waals surface area contributed by atoms with E-state index < -0.39 is 0 Å². The molecule has 0 aliphatic heterocycles. The van der Waals surface area contributed by atoms with E-state index in [9.17, 15) is 0 Å². The minimum absolute atomic E-state index is 0.209. The van der Waals surface area contributed by atoms with Crippen molar-refractivity contribution in [3.63, 3.8) is 0 Å². The highest BCUT2D eigenvalue weighted by Crippen LogP contribution is 2.26. The van der Waals surface area contributed by atoms with Gasteiger partial charge in [-0.3, -0.25) is 4.98 Å². The molecule has 0 spiro atoms. The van der Waals surface area contributed by atoms with Gasteiger partial charge < -0.3 is 14.8 Å². The van der Waals surface area contributed by atoms with E-state index in [0.717, 1.165) is 35.5 Å². The molecular formula is C17H30N2O2. The minimum atomic E-state index is -0.239. The Morgan fingerprint density at radius 2 is 1.95 bits per heavy atom. The second-order valence-electron chi connectivity index (χ2n) is 5.90. The number of methoxy groups -OCH3 is 1. The Hall–Kier alpha value is -1.13. The molecule has 0 radical (unpaired) electrons. The van der Waals surface area contributed by atoms with Gasteiger partial charge in [-0.05, 0) is 41.2 Å². The number of hydrogen-bond donors (Lipinski definition) is 1. The molecule has 4 heteroatoms. The second-order valence-corrected chi connectivity index (χ2v) is 5.90. The molecule has 0 fully saturated rings. The van der Waals surface area contributed by atoms with Gasteiger partial charge in [-0.15, -0.1) is 0 Å². The zero-order chi connectivity index (χ0) is 16.0. The molecule has 0 amide bonds. The van der Waals surface area contributed by atoms with E-state index in [4.69, 9.17) is 9.47 Å². The third kappa shape index (κ3) is 4.42. The van der Waals surface area contributed by atoms with Crippen LogP contribution in [-0.4, -0.2) is 36.9 Å². The first kappa shape index (κ1) is 17.9. The molecule has 4 nitrogen and oxygen atoms in total. The average molecular weight is 294 g/mol. The Morgan fingerprint density at radius 1 is 1.29 bits per heavy atom. The van der Waals surface area contributed by atoms with Crippen molar-refractivity contribution in [3.05, 3.63) is 23.0 Å². The van der Waals surface area contributed by atoms with Gasteiger partial charge in [-0.25, -0.2) is 0 Å². The summed E-state index contributed by atoms with van der Waals surface area (Å²) in [6.07, 6.45) is 2.71. The fourth-order valence-corrected chi connectivity index (χ4v) is 2.75. The van der Waals surface area contributed by atoms with Crippen molar-refractivity contribution >= 4 is 0 Å². The van der Waals surface area contributed by atoms with E-state index in [-0.39, 0.29) is 11.6 Å². The van der Waals surface area contributed by atoms with Crippen LogP contribution in [0.5, 0.6) is 5.75 Å². The number of likely N-dealkylation sites (N-methyl/N-ethyl adjacent to an activating group) is 1. The molecule has 0 saturated heterocycles. The van der Waals surface area contributed by atoms with E-state index in [1.165, 1.54) is 0 Å². The summed E-state index contributed by atoms with van der Waals surface area (Å²) in [4.78, 5) is 4.61. The highest BCUT2D eigenvalue weighted by atomic mass is 16.5. The van der Waals surface area contributed by atoms with Gasteiger partial charge in [0.15, 0.2) is 0 Å². The molecular weight excluding hydrogens is 264 g/mol. The first-order valence-electron chi connectivity index (χ1n) is 7.73. The molecule has 0 saturated carbocycles. The van der Waals surface area contributed by atoms with Crippen molar-refractivity contribution in [3.8, 4) is 5.75 Å². The van der Waals surface area contributed by atoms with Gasteiger partial charge in [0.25, 0.3) is 0 Å². The lowest BCUT2D eigenvalue weighted by molar-refractivity contribution is -0.0379. The molecule has 0 aliphatic rings. The van der Waals surface area contributed by atoms with Gasteiger partial charge in [0.05, 0.1) is 12.7 Å². The molecule has 0 aromatic carbocycles. The summed E-state index contributed by atoms with van der Waals surface area (Å²) in [6, 6.07) is 0.209. The maximum Gasteiger partial charge on any atom is 0.128 e. The van der Waals surface area contributed by atoms with E-state index in [2.05, 4.69) is 38.0 Å².